The number of fused-ring (bicyclic) bond motifs is 1. The van der Waals surface area contributed by atoms with Gasteiger partial charge in [-0.25, -0.2) is 14.8 Å². The van der Waals surface area contributed by atoms with Crippen LogP contribution in [0.4, 0.5) is 11.4 Å². The van der Waals surface area contributed by atoms with Crippen LogP contribution in [0.2, 0.25) is 0 Å². The van der Waals surface area contributed by atoms with Gasteiger partial charge in [0.2, 0.25) is 5.91 Å². The Morgan fingerprint density at radius 1 is 0.909 bits per heavy atom. The number of carbonyl (C=O) groups is 3. The molecular formula is C25H20N2O6. The number of carbonyl (C=O) groups excluding carboxylic acids is 2. The first kappa shape index (κ1) is 20.7. The molecule has 33 heavy (non-hydrogen) atoms. The lowest BCUT2D eigenvalue weighted by atomic mass is 9.88. The molecule has 2 fully saturated rings. The van der Waals surface area contributed by atoms with E-state index in [1.807, 2.05) is 6.07 Å². The molecule has 5 rings (SSSR count). The van der Waals surface area contributed by atoms with Crippen LogP contribution in [-0.4, -0.2) is 36.1 Å². The number of hydrogen-bond acceptors (Lipinski definition) is 6. The molecule has 2 saturated heterocycles. The van der Waals surface area contributed by atoms with Crippen LogP contribution in [-0.2, 0) is 14.4 Å². The van der Waals surface area contributed by atoms with Crippen LogP contribution in [0.5, 0.6) is 5.75 Å². The number of imide groups is 1. The predicted molar refractivity (Wildman–Crippen MR) is 119 cm³/mol. The van der Waals surface area contributed by atoms with E-state index in [1.165, 1.54) is 18.2 Å². The van der Waals surface area contributed by atoms with Gasteiger partial charge in [-0.15, -0.1) is 0 Å². The third kappa shape index (κ3) is 3.23. The van der Waals surface area contributed by atoms with Crippen molar-refractivity contribution in [2.75, 3.05) is 17.1 Å². The molecule has 2 heterocycles. The molecule has 166 valence electrons. The van der Waals surface area contributed by atoms with Crippen molar-refractivity contribution in [1.82, 2.24) is 0 Å². The van der Waals surface area contributed by atoms with Crippen LogP contribution in [0.25, 0.3) is 0 Å². The summed E-state index contributed by atoms with van der Waals surface area (Å²) in [7, 11) is 1.46. The van der Waals surface area contributed by atoms with Crippen molar-refractivity contribution in [1.29, 1.82) is 0 Å². The lowest BCUT2D eigenvalue weighted by Gasteiger charge is -2.29. The van der Waals surface area contributed by atoms with Crippen molar-refractivity contribution in [3.05, 3.63) is 90.0 Å². The summed E-state index contributed by atoms with van der Waals surface area (Å²) in [5.41, 5.74) is 1.37. The van der Waals surface area contributed by atoms with Gasteiger partial charge in [0.15, 0.2) is 6.10 Å². The Balaban J connectivity index is 1.65. The maximum atomic E-state index is 13.7. The van der Waals surface area contributed by atoms with Gasteiger partial charge in [0, 0.05) is 0 Å². The van der Waals surface area contributed by atoms with Crippen molar-refractivity contribution >= 4 is 29.2 Å². The minimum atomic E-state index is -1.12. The van der Waals surface area contributed by atoms with Gasteiger partial charge in [0.05, 0.1) is 30.1 Å². The van der Waals surface area contributed by atoms with Crippen molar-refractivity contribution in [3.8, 4) is 5.75 Å². The van der Waals surface area contributed by atoms with Crippen molar-refractivity contribution in [2.45, 2.75) is 12.1 Å². The number of methoxy groups -OCH3 is 1. The first-order valence-electron chi connectivity index (χ1n) is 10.4. The van der Waals surface area contributed by atoms with E-state index in [0.29, 0.717) is 22.7 Å². The van der Waals surface area contributed by atoms with E-state index in [0.717, 1.165) is 4.90 Å². The fourth-order valence-corrected chi connectivity index (χ4v) is 4.53. The van der Waals surface area contributed by atoms with E-state index in [2.05, 4.69) is 0 Å². The molecule has 0 bridgehead atoms. The molecule has 3 aromatic rings. The molecule has 0 aliphatic carbocycles. The number of ether oxygens (including phenoxy) is 1. The molecule has 0 spiro atoms. The number of rotatable bonds is 5. The van der Waals surface area contributed by atoms with Gasteiger partial charge in [-0.3, -0.25) is 14.4 Å². The number of hydroxylamine groups is 1. The average molecular weight is 444 g/mol. The molecule has 0 saturated carbocycles. The number of hydrogen-bond donors (Lipinski definition) is 1. The summed E-state index contributed by atoms with van der Waals surface area (Å²) in [5.74, 6) is -2.69. The monoisotopic (exact) mass is 444 g/mol. The van der Waals surface area contributed by atoms with Crippen LogP contribution in [0.3, 0.4) is 0 Å². The predicted octanol–water partition coefficient (Wildman–Crippen LogP) is 3.44. The van der Waals surface area contributed by atoms with E-state index in [-0.39, 0.29) is 5.56 Å². The largest absolute Gasteiger partial charge is 0.495 e. The van der Waals surface area contributed by atoms with Crippen LogP contribution in [0.15, 0.2) is 78.9 Å². The Morgan fingerprint density at radius 2 is 1.58 bits per heavy atom. The summed E-state index contributed by atoms with van der Waals surface area (Å²) >= 11 is 0. The molecule has 2 aliphatic heterocycles. The van der Waals surface area contributed by atoms with Gasteiger partial charge in [-0.05, 0) is 35.9 Å². The number of carboxylic acid groups (broad SMARTS) is 1. The van der Waals surface area contributed by atoms with Crippen LogP contribution < -0.4 is 14.7 Å². The summed E-state index contributed by atoms with van der Waals surface area (Å²) in [6.45, 7) is 0. The highest BCUT2D eigenvalue weighted by molar-refractivity contribution is 6.24. The highest BCUT2D eigenvalue weighted by atomic mass is 16.7. The zero-order chi connectivity index (χ0) is 23.1. The van der Waals surface area contributed by atoms with Gasteiger partial charge in [0.1, 0.15) is 11.7 Å². The Morgan fingerprint density at radius 3 is 2.30 bits per heavy atom. The maximum absolute atomic E-state index is 13.7. The third-order valence-corrected chi connectivity index (χ3v) is 5.96. The second-order valence-corrected chi connectivity index (χ2v) is 7.73. The fraction of sp³-hybridized carbons (Fsp3) is 0.160. The second-order valence-electron chi connectivity index (χ2n) is 7.73. The van der Waals surface area contributed by atoms with Crippen LogP contribution in [0, 0.1) is 5.92 Å². The quantitative estimate of drug-likeness (QED) is 0.602. The van der Waals surface area contributed by atoms with E-state index in [9.17, 15) is 19.5 Å². The molecule has 0 unspecified atom stereocenters. The number of carboxylic acids is 1. The Labute approximate surface area is 189 Å². The zero-order valence-corrected chi connectivity index (χ0v) is 17.6. The van der Waals surface area contributed by atoms with E-state index < -0.39 is 35.8 Å². The van der Waals surface area contributed by atoms with Crippen molar-refractivity contribution in [2.24, 2.45) is 5.92 Å². The number of amides is 2. The van der Waals surface area contributed by atoms with Crippen molar-refractivity contribution in [3.63, 3.8) is 0 Å². The lowest BCUT2D eigenvalue weighted by Crippen LogP contribution is -2.37. The molecule has 0 radical (unpaired) electrons. The van der Waals surface area contributed by atoms with Gasteiger partial charge < -0.3 is 9.84 Å². The third-order valence-electron chi connectivity index (χ3n) is 5.96. The molecule has 2 aliphatic rings. The standard InChI is InChI=1S/C25H20N2O6/c1-32-19-14-8-7-13-18(19)26-23(28)20-21(16-11-5-6-12-17(16)25(30)31)27(33-22(20)24(26)29)15-9-3-2-4-10-15/h2-14,20-22H,1H3,(H,30,31)/t20-,21+,22-/m0/s1. The number of aromatic carboxylic acids is 1. The molecule has 8 heteroatoms. The summed E-state index contributed by atoms with van der Waals surface area (Å²) in [5, 5.41) is 11.3. The first-order chi connectivity index (χ1) is 16.0. The summed E-state index contributed by atoms with van der Waals surface area (Å²) < 4.78 is 5.35. The molecule has 3 aromatic carbocycles. The molecular weight excluding hydrogens is 424 g/mol. The Bertz CT molecular complexity index is 1240. The van der Waals surface area contributed by atoms with Crippen LogP contribution >= 0.6 is 0 Å². The number of anilines is 2. The van der Waals surface area contributed by atoms with Gasteiger partial charge in [0.25, 0.3) is 5.91 Å². The average Bonchev–Trinajstić information content (AvgIpc) is 3.35. The van der Waals surface area contributed by atoms with Gasteiger partial charge in [-0.1, -0.05) is 48.5 Å². The van der Waals surface area contributed by atoms with Gasteiger partial charge >= 0.3 is 5.97 Å². The SMILES string of the molecule is COc1ccccc1N1C(=O)[C@@H]2[C@H](ON(c3ccccc3)[C@@H]2c2ccccc2C(=O)O)C1=O. The maximum Gasteiger partial charge on any atom is 0.336 e. The highest BCUT2D eigenvalue weighted by Gasteiger charge is 2.61. The smallest absolute Gasteiger partial charge is 0.336 e. The number of nitrogens with zero attached hydrogens (tertiary/aromatic N) is 2. The number of para-hydroxylation sites is 3. The molecule has 8 nitrogen and oxygen atoms in total. The van der Waals surface area contributed by atoms with E-state index in [4.69, 9.17) is 9.57 Å². The van der Waals surface area contributed by atoms with Crippen LogP contribution in [0.1, 0.15) is 22.0 Å². The topological polar surface area (TPSA) is 96.4 Å². The number of benzene rings is 3. The minimum absolute atomic E-state index is 0.0451. The molecule has 2 amide bonds. The highest BCUT2D eigenvalue weighted by Crippen LogP contribution is 2.49. The molecule has 1 N–H and O–H groups in total. The van der Waals surface area contributed by atoms with E-state index >= 15 is 0 Å². The molecule has 0 aromatic heterocycles. The summed E-state index contributed by atoms with van der Waals surface area (Å²) in [6.07, 6.45) is -1.10. The van der Waals surface area contributed by atoms with Gasteiger partial charge in [-0.2, -0.15) is 0 Å². The zero-order valence-electron chi connectivity index (χ0n) is 17.6. The lowest BCUT2D eigenvalue weighted by molar-refractivity contribution is -0.126. The van der Waals surface area contributed by atoms with Crippen molar-refractivity contribution < 1.29 is 29.1 Å². The second kappa shape index (κ2) is 8.07. The summed E-state index contributed by atoms with van der Waals surface area (Å²) in [6, 6.07) is 21.4. The minimum Gasteiger partial charge on any atom is -0.495 e. The Kier molecular flexibility index (Phi) is 5.07. The van der Waals surface area contributed by atoms with E-state index in [1.54, 1.807) is 66.7 Å². The first-order valence-corrected chi connectivity index (χ1v) is 10.4. The summed E-state index contributed by atoms with van der Waals surface area (Å²) in [4.78, 5) is 46.3. The fourth-order valence-electron chi connectivity index (χ4n) is 4.53. The normalized spacial score (nSPS) is 21.9. The molecule has 3 atom stereocenters. The Hall–Kier alpha value is -4.17.